The second-order valence-electron chi connectivity index (χ2n) is 6.82. The highest BCUT2D eigenvalue weighted by Crippen LogP contribution is 2.20. The van der Waals surface area contributed by atoms with E-state index >= 15 is 0 Å². The second kappa shape index (κ2) is 7.60. The fourth-order valence-electron chi connectivity index (χ4n) is 3.56. The normalized spacial score (nSPS) is 19.3. The van der Waals surface area contributed by atoms with Crippen LogP contribution in [0.1, 0.15) is 32.6 Å². The molecule has 136 valence electrons. The molecule has 1 aromatic heterocycles. The standard InChI is InChI=1S/C19H26N2O3S/c1-2-3-11-21(17-10-14-25(23,24)15-17)19(22)9-13-20-12-8-16-6-4-5-7-18(16)20/h4-8,12,17H,2-3,9-11,13-15H2,1H3. The van der Waals surface area contributed by atoms with Crippen LogP contribution in [0, 0.1) is 0 Å². The molecule has 0 saturated carbocycles. The maximum atomic E-state index is 12.8. The summed E-state index contributed by atoms with van der Waals surface area (Å²) in [4.78, 5) is 14.6. The molecular formula is C19H26N2O3S. The lowest BCUT2D eigenvalue weighted by atomic mass is 10.1. The van der Waals surface area contributed by atoms with E-state index in [-0.39, 0.29) is 23.5 Å². The van der Waals surface area contributed by atoms with Crippen LogP contribution in [0.4, 0.5) is 0 Å². The number of sulfone groups is 1. The van der Waals surface area contributed by atoms with Gasteiger partial charge < -0.3 is 9.47 Å². The van der Waals surface area contributed by atoms with Gasteiger partial charge in [-0.25, -0.2) is 8.42 Å². The van der Waals surface area contributed by atoms with Crippen LogP contribution in [0.25, 0.3) is 10.9 Å². The van der Waals surface area contributed by atoms with E-state index in [2.05, 4.69) is 29.7 Å². The van der Waals surface area contributed by atoms with Crippen molar-refractivity contribution in [2.24, 2.45) is 0 Å². The summed E-state index contributed by atoms with van der Waals surface area (Å²) in [5, 5.41) is 1.17. The first-order chi connectivity index (χ1) is 12.0. The first-order valence-corrected chi connectivity index (χ1v) is 10.9. The van der Waals surface area contributed by atoms with E-state index in [9.17, 15) is 13.2 Å². The summed E-state index contributed by atoms with van der Waals surface area (Å²) in [6.07, 6.45) is 4.89. The Kier molecular flexibility index (Phi) is 5.47. The molecule has 1 aliphatic heterocycles. The zero-order valence-corrected chi connectivity index (χ0v) is 15.5. The first kappa shape index (κ1) is 18.0. The van der Waals surface area contributed by atoms with Crippen molar-refractivity contribution in [2.75, 3.05) is 18.1 Å². The van der Waals surface area contributed by atoms with E-state index < -0.39 is 9.84 Å². The molecule has 2 aromatic rings. The van der Waals surface area contributed by atoms with Gasteiger partial charge in [-0.2, -0.15) is 0 Å². The molecular weight excluding hydrogens is 336 g/mol. The van der Waals surface area contributed by atoms with Gasteiger partial charge in [-0.1, -0.05) is 31.5 Å². The highest BCUT2D eigenvalue weighted by molar-refractivity contribution is 7.91. The van der Waals surface area contributed by atoms with Gasteiger partial charge in [-0.3, -0.25) is 4.79 Å². The maximum Gasteiger partial charge on any atom is 0.224 e. The molecule has 1 saturated heterocycles. The summed E-state index contributed by atoms with van der Waals surface area (Å²) in [7, 11) is -2.99. The Balaban J connectivity index is 1.67. The number of fused-ring (bicyclic) bond motifs is 1. The van der Waals surface area contributed by atoms with E-state index in [0.29, 0.717) is 25.9 Å². The molecule has 0 aliphatic carbocycles. The molecule has 0 bridgehead atoms. The van der Waals surface area contributed by atoms with Crippen LogP contribution >= 0.6 is 0 Å². The van der Waals surface area contributed by atoms with Gasteiger partial charge >= 0.3 is 0 Å². The molecule has 25 heavy (non-hydrogen) atoms. The fraction of sp³-hybridized carbons (Fsp3) is 0.526. The Morgan fingerprint density at radius 3 is 2.80 bits per heavy atom. The van der Waals surface area contributed by atoms with E-state index in [1.54, 1.807) is 0 Å². The van der Waals surface area contributed by atoms with Crippen LogP contribution in [0.5, 0.6) is 0 Å². The Morgan fingerprint density at radius 2 is 2.08 bits per heavy atom. The van der Waals surface area contributed by atoms with Gasteiger partial charge in [0.2, 0.25) is 5.91 Å². The van der Waals surface area contributed by atoms with Gasteiger partial charge in [0.1, 0.15) is 0 Å². The van der Waals surface area contributed by atoms with Crippen molar-refractivity contribution in [2.45, 2.75) is 45.2 Å². The maximum absolute atomic E-state index is 12.8. The molecule has 2 heterocycles. The zero-order valence-electron chi connectivity index (χ0n) is 14.7. The van der Waals surface area contributed by atoms with Gasteiger partial charge in [0, 0.05) is 37.3 Å². The number of carbonyl (C=O) groups excluding carboxylic acids is 1. The van der Waals surface area contributed by atoms with Crippen LogP contribution in [-0.4, -0.2) is 47.9 Å². The summed E-state index contributed by atoms with van der Waals surface area (Å²) < 4.78 is 25.7. The third-order valence-electron chi connectivity index (χ3n) is 4.97. The minimum absolute atomic E-state index is 0.0633. The van der Waals surface area contributed by atoms with E-state index in [1.165, 1.54) is 5.39 Å². The number of benzene rings is 1. The molecule has 1 unspecified atom stereocenters. The second-order valence-corrected chi connectivity index (χ2v) is 9.04. The molecule has 0 spiro atoms. The summed E-state index contributed by atoms with van der Waals surface area (Å²) in [5.74, 6) is 0.387. The molecule has 1 aromatic carbocycles. The van der Waals surface area contributed by atoms with Gasteiger partial charge in [-0.15, -0.1) is 0 Å². The summed E-state index contributed by atoms with van der Waals surface area (Å²) in [6, 6.07) is 10.0. The molecule has 0 radical (unpaired) electrons. The summed E-state index contributed by atoms with van der Waals surface area (Å²) in [6.45, 7) is 3.36. The number of rotatable bonds is 7. The van der Waals surface area contributed by atoms with E-state index in [1.807, 2.05) is 23.2 Å². The zero-order chi connectivity index (χ0) is 17.9. The number of hydrogen-bond donors (Lipinski definition) is 0. The molecule has 0 N–H and O–H groups in total. The van der Waals surface area contributed by atoms with Crippen molar-refractivity contribution in [1.29, 1.82) is 0 Å². The molecule has 1 amide bonds. The van der Waals surface area contributed by atoms with Crippen LogP contribution in [0.2, 0.25) is 0 Å². The molecule has 3 rings (SSSR count). The smallest absolute Gasteiger partial charge is 0.224 e. The molecule has 1 aliphatic rings. The van der Waals surface area contributed by atoms with Crippen LogP contribution in [0.15, 0.2) is 36.5 Å². The minimum Gasteiger partial charge on any atom is -0.347 e. The first-order valence-electron chi connectivity index (χ1n) is 9.04. The largest absolute Gasteiger partial charge is 0.347 e. The molecule has 5 nitrogen and oxygen atoms in total. The number of para-hydroxylation sites is 1. The number of nitrogens with zero attached hydrogens (tertiary/aromatic N) is 2. The topological polar surface area (TPSA) is 59.4 Å². The number of hydrogen-bond acceptors (Lipinski definition) is 3. The van der Waals surface area contributed by atoms with Crippen LogP contribution < -0.4 is 0 Å². The Labute approximate surface area is 149 Å². The lowest BCUT2D eigenvalue weighted by Gasteiger charge is -2.28. The SMILES string of the molecule is CCCCN(C(=O)CCn1ccc2ccccc21)C1CCS(=O)(=O)C1. The minimum atomic E-state index is -2.99. The predicted octanol–water partition coefficient (Wildman–Crippen LogP) is 2.85. The number of aryl methyl sites for hydroxylation is 1. The monoisotopic (exact) mass is 362 g/mol. The Bertz CT molecular complexity index is 841. The van der Waals surface area contributed by atoms with Crippen LogP contribution in [-0.2, 0) is 21.2 Å². The van der Waals surface area contributed by atoms with E-state index in [0.717, 1.165) is 18.4 Å². The van der Waals surface area contributed by atoms with Crippen molar-refractivity contribution >= 4 is 26.6 Å². The van der Waals surface area contributed by atoms with Crippen LogP contribution in [0.3, 0.4) is 0 Å². The predicted molar refractivity (Wildman–Crippen MR) is 100 cm³/mol. The highest BCUT2D eigenvalue weighted by atomic mass is 32.2. The average Bonchev–Trinajstić information content (AvgIpc) is 3.16. The van der Waals surface area contributed by atoms with Gasteiger partial charge in [0.25, 0.3) is 0 Å². The number of unbranched alkanes of at least 4 members (excludes halogenated alkanes) is 1. The van der Waals surface area contributed by atoms with Crippen molar-refractivity contribution in [3.63, 3.8) is 0 Å². The quantitative estimate of drug-likeness (QED) is 0.761. The molecule has 6 heteroatoms. The Hall–Kier alpha value is -1.82. The average molecular weight is 362 g/mol. The van der Waals surface area contributed by atoms with Crippen molar-refractivity contribution in [3.8, 4) is 0 Å². The summed E-state index contributed by atoms with van der Waals surface area (Å²) >= 11 is 0. The van der Waals surface area contributed by atoms with Crippen molar-refractivity contribution < 1.29 is 13.2 Å². The number of aromatic nitrogens is 1. The number of carbonyl (C=O) groups is 1. The van der Waals surface area contributed by atoms with Gasteiger partial charge in [-0.05, 0) is 30.4 Å². The van der Waals surface area contributed by atoms with Crippen molar-refractivity contribution in [3.05, 3.63) is 36.5 Å². The third kappa shape index (κ3) is 4.24. The Morgan fingerprint density at radius 1 is 1.28 bits per heavy atom. The number of amides is 1. The molecule has 1 atom stereocenters. The van der Waals surface area contributed by atoms with E-state index in [4.69, 9.17) is 0 Å². The lowest BCUT2D eigenvalue weighted by molar-refractivity contribution is -0.133. The fourth-order valence-corrected chi connectivity index (χ4v) is 5.29. The summed E-state index contributed by atoms with van der Waals surface area (Å²) in [5.41, 5.74) is 1.12. The van der Waals surface area contributed by atoms with Crippen molar-refractivity contribution in [1.82, 2.24) is 9.47 Å². The lowest BCUT2D eigenvalue weighted by Crippen LogP contribution is -2.42. The highest BCUT2D eigenvalue weighted by Gasteiger charge is 2.34. The van der Waals surface area contributed by atoms with Gasteiger partial charge in [0.05, 0.1) is 11.5 Å². The van der Waals surface area contributed by atoms with Gasteiger partial charge in [0.15, 0.2) is 9.84 Å². The third-order valence-corrected chi connectivity index (χ3v) is 6.72. The molecule has 1 fully saturated rings.